The Morgan fingerprint density at radius 2 is 0.924 bits per heavy atom. The van der Waals surface area contributed by atoms with E-state index in [4.69, 9.17) is 9.05 Å². The van der Waals surface area contributed by atoms with Gasteiger partial charge < -0.3 is 28.8 Å². The van der Waals surface area contributed by atoms with Crippen molar-refractivity contribution in [3.05, 3.63) is 72.9 Å². The molecule has 3 unspecified atom stereocenters. The first-order valence-corrected chi connectivity index (χ1v) is 28.7. The number of hydrogen-bond acceptors (Lipinski definition) is 6. The van der Waals surface area contributed by atoms with Crippen LogP contribution in [-0.2, 0) is 18.4 Å². The van der Waals surface area contributed by atoms with Gasteiger partial charge in [-0.25, -0.2) is 0 Å². The first kappa shape index (κ1) is 63.9. The Balaban J connectivity index is 4.18. The summed E-state index contributed by atoms with van der Waals surface area (Å²) < 4.78 is 23.4. The van der Waals surface area contributed by atoms with Gasteiger partial charge in [-0.1, -0.05) is 234 Å². The third-order valence-corrected chi connectivity index (χ3v) is 12.9. The van der Waals surface area contributed by atoms with Crippen molar-refractivity contribution in [3.8, 4) is 0 Å². The molecule has 0 saturated carbocycles. The molecule has 0 aromatic heterocycles. The number of rotatable bonds is 49. The molecular weight excluding hydrogens is 840 g/mol. The number of carbonyl (C=O) groups is 1. The average Bonchev–Trinajstić information content (AvgIpc) is 3.28. The molecule has 384 valence electrons. The topological polar surface area (TPSA) is 108 Å². The largest absolute Gasteiger partial charge is 0.756 e. The number of phosphoric acid groups is 1. The van der Waals surface area contributed by atoms with Gasteiger partial charge in [0.1, 0.15) is 13.2 Å². The number of allylic oxidation sites excluding steroid dienone is 12. The Bertz CT molecular complexity index is 1300. The van der Waals surface area contributed by atoms with Gasteiger partial charge in [-0.05, 0) is 64.2 Å². The van der Waals surface area contributed by atoms with Crippen LogP contribution in [0.3, 0.4) is 0 Å². The van der Waals surface area contributed by atoms with Crippen LogP contribution < -0.4 is 10.2 Å². The Hall–Kier alpha value is -2.06. The second-order valence-corrected chi connectivity index (χ2v) is 21.0. The van der Waals surface area contributed by atoms with Crippen LogP contribution in [0.5, 0.6) is 0 Å². The molecule has 0 aliphatic heterocycles. The van der Waals surface area contributed by atoms with Crippen molar-refractivity contribution in [3.63, 3.8) is 0 Å². The molecule has 0 spiro atoms. The van der Waals surface area contributed by atoms with Crippen LogP contribution in [0.4, 0.5) is 0 Å². The van der Waals surface area contributed by atoms with Gasteiger partial charge in [-0.2, -0.15) is 0 Å². The summed E-state index contributed by atoms with van der Waals surface area (Å²) in [6, 6.07) is -0.806. The van der Waals surface area contributed by atoms with Crippen molar-refractivity contribution >= 4 is 13.7 Å². The summed E-state index contributed by atoms with van der Waals surface area (Å²) in [6.07, 6.45) is 64.9. The van der Waals surface area contributed by atoms with Crippen LogP contribution in [0.25, 0.3) is 0 Å². The van der Waals surface area contributed by atoms with Crippen molar-refractivity contribution < 1.29 is 32.9 Å². The molecule has 0 radical (unpaired) electrons. The van der Waals surface area contributed by atoms with Gasteiger partial charge >= 0.3 is 0 Å². The number of nitrogens with zero attached hydrogens (tertiary/aromatic N) is 1. The van der Waals surface area contributed by atoms with E-state index in [9.17, 15) is 19.4 Å². The van der Waals surface area contributed by atoms with Crippen molar-refractivity contribution in [1.29, 1.82) is 0 Å². The van der Waals surface area contributed by atoms with E-state index in [0.717, 1.165) is 83.5 Å². The van der Waals surface area contributed by atoms with Crippen LogP contribution in [0.1, 0.15) is 232 Å². The zero-order chi connectivity index (χ0) is 48.5. The zero-order valence-corrected chi connectivity index (χ0v) is 44.5. The Morgan fingerprint density at radius 1 is 0.545 bits per heavy atom. The zero-order valence-electron chi connectivity index (χ0n) is 43.6. The minimum atomic E-state index is -4.57. The van der Waals surface area contributed by atoms with Gasteiger partial charge in [-0.3, -0.25) is 9.36 Å². The molecular formula is C57H105N2O6P. The monoisotopic (exact) mass is 945 g/mol. The fraction of sp³-hybridized carbons (Fsp3) is 0.772. The van der Waals surface area contributed by atoms with Crippen LogP contribution in [0.2, 0.25) is 0 Å². The highest BCUT2D eigenvalue weighted by molar-refractivity contribution is 7.45. The molecule has 0 aliphatic carbocycles. The van der Waals surface area contributed by atoms with Gasteiger partial charge in [0.25, 0.3) is 7.82 Å². The van der Waals surface area contributed by atoms with E-state index in [1.807, 2.05) is 21.1 Å². The van der Waals surface area contributed by atoms with E-state index in [0.29, 0.717) is 23.9 Å². The van der Waals surface area contributed by atoms with Crippen LogP contribution in [-0.4, -0.2) is 68.5 Å². The maximum Gasteiger partial charge on any atom is 0.268 e. The predicted molar refractivity (Wildman–Crippen MR) is 284 cm³/mol. The summed E-state index contributed by atoms with van der Waals surface area (Å²) in [5.41, 5.74) is 0. The molecule has 0 rings (SSSR count). The summed E-state index contributed by atoms with van der Waals surface area (Å²) in [4.78, 5) is 25.5. The third kappa shape index (κ3) is 49.8. The second-order valence-electron chi connectivity index (χ2n) is 19.6. The van der Waals surface area contributed by atoms with Gasteiger partial charge in [0, 0.05) is 6.42 Å². The third-order valence-electron chi connectivity index (χ3n) is 12.0. The fourth-order valence-electron chi connectivity index (χ4n) is 7.69. The predicted octanol–water partition coefficient (Wildman–Crippen LogP) is 15.7. The summed E-state index contributed by atoms with van der Waals surface area (Å²) in [5, 5.41) is 14.0. The van der Waals surface area contributed by atoms with E-state index in [-0.39, 0.29) is 19.1 Å². The summed E-state index contributed by atoms with van der Waals surface area (Å²) in [5.74, 6) is -0.171. The first-order valence-electron chi connectivity index (χ1n) is 27.3. The van der Waals surface area contributed by atoms with E-state index in [1.54, 1.807) is 0 Å². The lowest BCUT2D eigenvalue weighted by molar-refractivity contribution is -0.870. The molecule has 9 heteroatoms. The highest BCUT2D eigenvalue weighted by atomic mass is 31.2. The Kier molecular flexibility index (Phi) is 46.5. The molecule has 2 N–H and O–H groups in total. The lowest BCUT2D eigenvalue weighted by Crippen LogP contribution is -2.46. The fourth-order valence-corrected chi connectivity index (χ4v) is 8.41. The van der Waals surface area contributed by atoms with Crippen LogP contribution in [0, 0.1) is 0 Å². The van der Waals surface area contributed by atoms with Crippen molar-refractivity contribution in [2.24, 2.45) is 0 Å². The number of carbonyl (C=O) groups excluding carboxylic acids is 1. The van der Waals surface area contributed by atoms with Gasteiger partial charge in [0.2, 0.25) is 5.91 Å². The molecule has 0 heterocycles. The number of unbranched alkanes of at least 4 members (excludes halogenated alkanes) is 24. The second kappa shape index (κ2) is 48.0. The molecule has 66 heavy (non-hydrogen) atoms. The van der Waals surface area contributed by atoms with Crippen molar-refractivity contribution in [2.45, 2.75) is 244 Å². The highest BCUT2D eigenvalue weighted by Crippen LogP contribution is 2.38. The maximum atomic E-state index is 13.0. The summed E-state index contributed by atoms with van der Waals surface area (Å²) >= 11 is 0. The summed E-state index contributed by atoms with van der Waals surface area (Å²) in [6.45, 7) is 4.61. The van der Waals surface area contributed by atoms with Gasteiger partial charge in [0.15, 0.2) is 0 Å². The molecule has 0 aromatic rings. The van der Waals surface area contributed by atoms with Crippen molar-refractivity contribution in [1.82, 2.24) is 5.32 Å². The number of hydrogen-bond donors (Lipinski definition) is 2. The molecule has 0 bridgehead atoms. The normalized spacial score (nSPS) is 14.6. The van der Waals surface area contributed by atoms with Gasteiger partial charge in [-0.15, -0.1) is 0 Å². The molecule has 0 aliphatic rings. The number of amides is 1. The molecule has 3 atom stereocenters. The van der Waals surface area contributed by atoms with E-state index >= 15 is 0 Å². The SMILES string of the molecule is CC/C=C\C/C=C\C/C=C\C/C=C\C/C=C\C/C=C\CCCCCCCCCCCCC(=O)NC(COP(=O)([O-])OCC[N+](C)(C)C)C(O)CCCCCCCCCCCCCCCCC. The smallest absolute Gasteiger partial charge is 0.268 e. The number of likely N-dealkylation sites (N-methyl/N-ethyl adjacent to an activating group) is 1. The lowest BCUT2D eigenvalue weighted by Gasteiger charge is -2.30. The number of phosphoric ester groups is 1. The minimum Gasteiger partial charge on any atom is -0.756 e. The number of aliphatic hydroxyl groups is 1. The Labute approximate surface area is 408 Å². The molecule has 1 amide bonds. The number of aliphatic hydroxyl groups excluding tert-OH is 1. The standard InChI is InChI=1S/C57H105N2O6P/c1-6-8-10-12-14-16-18-20-22-23-24-25-26-27-28-29-30-31-32-33-34-35-37-39-41-43-45-47-49-51-57(61)58-55(54-65-66(62,63)64-53-52-59(3,4)5)56(60)50-48-46-44-42-40-38-36-21-19-17-15-13-11-9-7-2/h8,10,14,16,20,22,24-25,27-28,30-31,55-56,60H,6-7,9,11-13,15,17-19,21,23,26,29,32-54H2,1-5H3,(H-,58,61,62,63)/b10-8-,16-14-,22-20-,25-24-,28-27-,31-30-. The van der Waals surface area contributed by atoms with Crippen LogP contribution >= 0.6 is 7.82 Å². The van der Waals surface area contributed by atoms with E-state index in [2.05, 4.69) is 92.1 Å². The lowest BCUT2D eigenvalue weighted by atomic mass is 10.0. The molecule has 0 aromatic carbocycles. The van der Waals surface area contributed by atoms with Crippen molar-refractivity contribution in [2.75, 3.05) is 40.9 Å². The Morgan fingerprint density at radius 3 is 1.35 bits per heavy atom. The summed E-state index contributed by atoms with van der Waals surface area (Å²) in [7, 11) is 1.30. The van der Waals surface area contributed by atoms with E-state index in [1.165, 1.54) is 122 Å². The quantitative estimate of drug-likeness (QED) is 0.0272. The number of quaternary nitrogens is 1. The maximum absolute atomic E-state index is 13.0. The average molecular weight is 945 g/mol. The molecule has 0 fully saturated rings. The van der Waals surface area contributed by atoms with Gasteiger partial charge in [0.05, 0.1) is 39.9 Å². The first-order chi connectivity index (χ1) is 32.0. The molecule has 0 saturated heterocycles. The highest BCUT2D eigenvalue weighted by Gasteiger charge is 2.24. The number of nitrogens with one attached hydrogen (secondary N) is 1. The molecule has 8 nitrogen and oxygen atoms in total. The van der Waals surface area contributed by atoms with E-state index < -0.39 is 20.0 Å². The van der Waals surface area contributed by atoms with Crippen LogP contribution in [0.15, 0.2) is 72.9 Å². The minimum absolute atomic E-state index is 0.00864.